The smallest absolute Gasteiger partial charge is 0.234 e. The third-order valence-electron chi connectivity index (χ3n) is 3.93. The molecule has 146 valence electrons. The number of amides is 1. The van der Waals surface area contributed by atoms with Gasteiger partial charge in [-0.15, -0.1) is 10.2 Å². The number of carbonyl (C=O) groups excluding carboxylic acids is 1. The summed E-state index contributed by atoms with van der Waals surface area (Å²) in [7, 11) is 0. The number of nitrogens with zero attached hydrogens (tertiary/aromatic N) is 3. The van der Waals surface area contributed by atoms with Crippen LogP contribution in [0.2, 0.25) is 5.02 Å². The van der Waals surface area contributed by atoms with Gasteiger partial charge in [0.15, 0.2) is 11.0 Å². The van der Waals surface area contributed by atoms with Gasteiger partial charge in [0.1, 0.15) is 5.75 Å². The van der Waals surface area contributed by atoms with Gasteiger partial charge in [0.05, 0.1) is 17.4 Å². The summed E-state index contributed by atoms with van der Waals surface area (Å²) in [5, 5.41) is 12.7. The lowest BCUT2D eigenvalue weighted by Gasteiger charge is -2.09. The molecule has 28 heavy (non-hydrogen) atoms. The Bertz CT molecular complexity index is 944. The molecule has 0 atom stereocenters. The summed E-state index contributed by atoms with van der Waals surface area (Å²) in [6, 6.07) is 14.8. The highest BCUT2D eigenvalue weighted by atomic mass is 35.5. The molecule has 1 amide bonds. The van der Waals surface area contributed by atoms with E-state index in [1.165, 1.54) is 11.8 Å². The maximum absolute atomic E-state index is 12.3. The predicted octanol–water partition coefficient (Wildman–Crippen LogP) is 4.75. The molecule has 0 unspecified atom stereocenters. The fourth-order valence-corrected chi connectivity index (χ4v) is 3.67. The fraction of sp³-hybridized carbons (Fsp3) is 0.250. The van der Waals surface area contributed by atoms with Crippen molar-refractivity contribution in [1.82, 2.24) is 14.8 Å². The molecule has 0 fully saturated rings. The number of hydrogen-bond acceptors (Lipinski definition) is 5. The summed E-state index contributed by atoms with van der Waals surface area (Å²) in [6.07, 6.45) is 0. The lowest BCUT2D eigenvalue weighted by atomic mass is 10.2. The van der Waals surface area contributed by atoms with E-state index in [0.29, 0.717) is 29.2 Å². The molecular weight excluding hydrogens is 396 g/mol. The summed E-state index contributed by atoms with van der Waals surface area (Å²) in [5.41, 5.74) is 1.55. The quantitative estimate of drug-likeness (QED) is 0.537. The van der Waals surface area contributed by atoms with Gasteiger partial charge >= 0.3 is 0 Å². The predicted molar refractivity (Wildman–Crippen MR) is 113 cm³/mol. The van der Waals surface area contributed by atoms with Crippen LogP contribution >= 0.6 is 23.4 Å². The van der Waals surface area contributed by atoms with Crippen molar-refractivity contribution in [2.45, 2.75) is 25.5 Å². The van der Waals surface area contributed by atoms with Crippen LogP contribution in [0.5, 0.6) is 5.75 Å². The highest BCUT2D eigenvalue weighted by Crippen LogP contribution is 2.29. The van der Waals surface area contributed by atoms with E-state index >= 15 is 0 Å². The van der Waals surface area contributed by atoms with Crippen LogP contribution in [0.1, 0.15) is 13.8 Å². The van der Waals surface area contributed by atoms with Gasteiger partial charge in [-0.3, -0.25) is 4.79 Å². The lowest BCUT2D eigenvalue weighted by Crippen LogP contribution is -2.14. The van der Waals surface area contributed by atoms with Gasteiger partial charge in [0, 0.05) is 17.8 Å². The first-order chi connectivity index (χ1) is 13.6. The molecule has 1 heterocycles. The zero-order valence-electron chi connectivity index (χ0n) is 15.7. The van der Waals surface area contributed by atoms with Crippen LogP contribution in [0.15, 0.2) is 53.7 Å². The van der Waals surface area contributed by atoms with Gasteiger partial charge < -0.3 is 14.6 Å². The molecule has 0 saturated heterocycles. The van der Waals surface area contributed by atoms with E-state index in [9.17, 15) is 4.79 Å². The van der Waals surface area contributed by atoms with E-state index in [-0.39, 0.29) is 11.7 Å². The number of thioether (sulfide) groups is 1. The minimum Gasteiger partial charge on any atom is -0.494 e. The number of ether oxygens (including phenoxy) is 1. The number of benzene rings is 2. The molecule has 8 heteroatoms. The number of anilines is 1. The molecule has 0 aliphatic rings. The Kier molecular flexibility index (Phi) is 6.95. The van der Waals surface area contributed by atoms with Crippen LogP contribution in [0.25, 0.3) is 11.4 Å². The number of hydrogen-bond donors (Lipinski definition) is 1. The van der Waals surface area contributed by atoms with Crippen molar-refractivity contribution in [2.75, 3.05) is 17.7 Å². The molecule has 0 aliphatic carbocycles. The minimum absolute atomic E-state index is 0.112. The largest absolute Gasteiger partial charge is 0.494 e. The van der Waals surface area contributed by atoms with E-state index < -0.39 is 0 Å². The Balaban J connectivity index is 1.64. The van der Waals surface area contributed by atoms with Gasteiger partial charge in [-0.1, -0.05) is 35.5 Å². The second-order valence-electron chi connectivity index (χ2n) is 5.82. The van der Waals surface area contributed by atoms with E-state index in [2.05, 4.69) is 15.5 Å². The van der Waals surface area contributed by atoms with Gasteiger partial charge in [-0.05, 0) is 50.2 Å². The maximum atomic E-state index is 12.3. The van der Waals surface area contributed by atoms with Crippen molar-refractivity contribution in [3.63, 3.8) is 0 Å². The first kappa shape index (κ1) is 20.2. The average molecular weight is 417 g/mol. The first-order valence-corrected chi connectivity index (χ1v) is 10.3. The molecular formula is C20H21ClN4O2S. The van der Waals surface area contributed by atoms with E-state index in [1.807, 2.05) is 66.9 Å². The lowest BCUT2D eigenvalue weighted by molar-refractivity contribution is -0.113. The Hall–Kier alpha value is -2.51. The van der Waals surface area contributed by atoms with E-state index in [0.717, 1.165) is 17.0 Å². The Labute approximate surface area is 173 Å². The zero-order chi connectivity index (χ0) is 19.9. The van der Waals surface area contributed by atoms with Crippen molar-refractivity contribution >= 4 is 35.0 Å². The van der Waals surface area contributed by atoms with Gasteiger partial charge in [0.2, 0.25) is 5.91 Å². The van der Waals surface area contributed by atoms with Crippen molar-refractivity contribution in [3.8, 4) is 17.1 Å². The Morgan fingerprint density at radius 1 is 1.14 bits per heavy atom. The maximum Gasteiger partial charge on any atom is 0.234 e. The highest BCUT2D eigenvalue weighted by Gasteiger charge is 2.16. The summed E-state index contributed by atoms with van der Waals surface area (Å²) in [6.45, 7) is 5.22. The minimum atomic E-state index is -0.112. The van der Waals surface area contributed by atoms with Crippen molar-refractivity contribution < 1.29 is 9.53 Å². The number of halogens is 1. The second-order valence-corrected chi connectivity index (χ2v) is 7.17. The molecule has 0 aliphatic heterocycles. The fourth-order valence-electron chi connectivity index (χ4n) is 2.65. The average Bonchev–Trinajstić information content (AvgIpc) is 3.11. The second kappa shape index (κ2) is 9.61. The molecule has 1 aromatic heterocycles. The monoisotopic (exact) mass is 416 g/mol. The molecule has 1 N–H and O–H groups in total. The number of carbonyl (C=O) groups is 1. The SMILES string of the molecule is CCOc1ccc(NC(=O)CSc2nnc(-c3ccccc3Cl)n2CC)cc1. The molecule has 0 spiro atoms. The molecule has 2 aromatic carbocycles. The van der Waals surface area contributed by atoms with Gasteiger partial charge in [0.25, 0.3) is 0 Å². The Morgan fingerprint density at radius 3 is 2.57 bits per heavy atom. The van der Waals surface area contributed by atoms with E-state index in [4.69, 9.17) is 16.3 Å². The number of nitrogens with one attached hydrogen (secondary N) is 1. The van der Waals surface area contributed by atoms with Crippen molar-refractivity contribution in [2.24, 2.45) is 0 Å². The molecule has 0 saturated carbocycles. The van der Waals surface area contributed by atoms with Gasteiger partial charge in [-0.2, -0.15) is 0 Å². The molecule has 6 nitrogen and oxygen atoms in total. The van der Waals surface area contributed by atoms with Crippen LogP contribution in [-0.4, -0.2) is 33.0 Å². The van der Waals surface area contributed by atoms with Crippen molar-refractivity contribution in [1.29, 1.82) is 0 Å². The third kappa shape index (κ3) is 4.85. The Morgan fingerprint density at radius 2 is 1.89 bits per heavy atom. The van der Waals surface area contributed by atoms with E-state index in [1.54, 1.807) is 0 Å². The zero-order valence-corrected chi connectivity index (χ0v) is 17.3. The summed E-state index contributed by atoms with van der Waals surface area (Å²) in [5.74, 6) is 1.59. The highest BCUT2D eigenvalue weighted by molar-refractivity contribution is 7.99. The topological polar surface area (TPSA) is 69.0 Å². The van der Waals surface area contributed by atoms with Crippen LogP contribution in [0.4, 0.5) is 5.69 Å². The number of rotatable bonds is 8. The summed E-state index contributed by atoms with van der Waals surface area (Å²) in [4.78, 5) is 12.3. The van der Waals surface area contributed by atoms with Crippen LogP contribution in [-0.2, 0) is 11.3 Å². The first-order valence-electron chi connectivity index (χ1n) is 8.96. The summed E-state index contributed by atoms with van der Waals surface area (Å²) < 4.78 is 7.35. The standard InChI is InChI=1S/C20H21ClN4O2S/c1-3-25-19(16-7-5-6-8-17(16)21)23-24-20(25)28-13-18(26)22-14-9-11-15(12-10-14)27-4-2/h5-12H,3-4,13H2,1-2H3,(H,22,26). The van der Waals surface area contributed by atoms with Gasteiger partial charge in [-0.25, -0.2) is 0 Å². The summed E-state index contributed by atoms with van der Waals surface area (Å²) >= 11 is 7.63. The molecule has 3 aromatic rings. The van der Waals surface area contributed by atoms with Crippen LogP contribution in [0, 0.1) is 0 Å². The molecule has 0 radical (unpaired) electrons. The third-order valence-corrected chi connectivity index (χ3v) is 5.23. The van der Waals surface area contributed by atoms with Crippen LogP contribution < -0.4 is 10.1 Å². The number of aromatic nitrogens is 3. The molecule has 3 rings (SSSR count). The van der Waals surface area contributed by atoms with Crippen molar-refractivity contribution in [3.05, 3.63) is 53.6 Å². The normalized spacial score (nSPS) is 10.7. The molecule has 0 bridgehead atoms. The van der Waals surface area contributed by atoms with Crippen LogP contribution in [0.3, 0.4) is 0 Å².